The second-order valence-corrected chi connectivity index (χ2v) is 6.18. The first-order valence-corrected chi connectivity index (χ1v) is 9.39. The molecule has 0 spiro atoms. The fourth-order valence-electron chi connectivity index (χ4n) is 2.65. The molecule has 0 aromatic heterocycles. The van der Waals surface area contributed by atoms with E-state index in [4.69, 9.17) is 16.2 Å². The summed E-state index contributed by atoms with van der Waals surface area (Å²) in [5.74, 6) is -0.653. The van der Waals surface area contributed by atoms with E-state index >= 15 is 0 Å². The molecule has 0 radical (unpaired) electrons. The first-order valence-electron chi connectivity index (χ1n) is 9.39. The minimum absolute atomic E-state index is 0. The SMILES string of the molecule is CCCCCCCCCCCCCCCCCC(=O)O.[N-]=[N+]=[N-].[Na+]. The summed E-state index contributed by atoms with van der Waals surface area (Å²) in [6, 6.07) is 0. The van der Waals surface area contributed by atoms with Gasteiger partial charge in [-0.3, -0.25) is 9.71 Å². The van der Waals surface area contributed by atoms with Crippen LogP contribution in [0.1, 0.15) is 110 Å². The molecule has 0 aliphatic carbocycles. The van der Waals surface area contributed by atoms with E-state index in [2.05, 4.69) is 6.92 Å². The van der Waals surface area contributed by atoms with Crippen molar-refractivity contribution in [2.24, 2.45) is 0 Å². The average Bonchev–Trinajstić information content (AvgIpc) is 2.51. The summed E-state index contributed by atoms with van der Waals surface area (Å²) in [6.07, 6.45) is 20.2. The number of aliphatic carboxylic acids is 1. The van der Waals surface area contributed by atoms with E-state index in [1.807, 2.05) is 0 Å². The Morgan fingerprint density at radius 2 is 0.958 bits per heavy atom. The third-order valence-electron chi connectivity index (χ3n) is 3.99. The zero-order valence-corrected chi connectivity index (χ0v) is 18.0. The molecular formula is C18H36N3NaO2. The molecule has 5 nitrogen and oxygen atoms in total. The first kappa shape index (κ1) is 28.6. The predicted molar refractivity (Wildman–Crippen MR) is 97.3 cm³/mol. The van der Waals surface area contributed by atoms with Crippen molar-refractivity contribution >= 4 is 5.97 Å². The van der Waals surface area contributed by atoms with Crippen LogP contribution < -0.4 is 29.6 Å². The van der Waals surface area contributed by atoms with Crippen LogP contribution in [0.4, 0.5) is 0 Å². The third-order valence-corrected chi connectivity index (χ3v) is 3.99. The molecule has 0 bridgehead atoms. The molecule has 0 saturated carbocycles. The van der Waals surface area contributed by atoms with Gasteiger partial charge < -0.3 is 16.2 Å². The van der Waals surface area contributed by atoms with Gasteiger partial charge in [-0.25, -0.2) is 0 Å². The van der Waals surface area contributed by atoms with Crippen LogP contribution in [0.25, 0.3) is 16.0 Å². The fourth-order valence-corrected chi connectivity index (χ4v) is 2.65. The maximum atomic E-state index is 10.3. The van der Waals surface area contributed by atoms with Crippen LogP contribution >= 0.6 is 0 Å². The van der Waals surface area contributed by atoms with Crippen LogP contribution in [0.15, 0.2) is 0 Å². The van der Waals surface area contributed by atoms with Gasteiger partial charge in [-0.2, -0.15) is 0 Å². The minimum atomic E-state index is -0.653. The molecule has 0 rings (SSSR count). The summed E-state index contributed by atoms with van der Waals surface area (Å²) in [4.78, 5) is 11.8. The van der Waals surface area contributed by atoms with Crippen LogP contribution in [-0.2, 0) is 4.79 Å². The normalized spacial score (nSPS) is 9.38. The fraction of sp³-hybridized carbons (Fsp3) is 0.944. The number of carboxylic acid groups (broad SMARTS) is 1. The third kappa shape index (κ3) is 33.4. The van der Waals surface area contributed by atoms with Crippen molar-refractivity contribution in [2.45, 2.75) is 110 Å². The number of hydrogen-bond acceptors (Lipinski definition) is 1. The van der Waals surface area contributed by atoms with Gasteiger partial charge in [0.1, 0.15) is 0 Å². The van der Waals surface area contributed by atoms with Crippen molar-refractivity contribution in [3.63, 3.8) is 0 Å². The molecule has 6 heteroatoms. The molecule has 24 heavy (non-hydrogen) atoms. The van der Waals surface area contributed by atoms with Gasteiger partial charge in [0, 0.05) is 6.42 Å². The van der Waals surface area contributed by atoms with E-state index < -0.39 is 5.97 Å². The Hall–Kier alpha value is -0.220. The molecule has 0 heterocycles. The van der Waals surface area contributed by atoms with E-state index in [1.165, 1.54) is 88.4 Å². The molecule has 0 aromatic carbocycles. The van der Waals surface area contributed by atoms with Gasteiger partial charge in [-0.05, 0) is 6.42 Å². The number of unbranched alkanes of at least 4 members (excludes halogenated alkanes) is 14. The van der Waals surface area contributed by atoms with Crippen molar-refractivity contribution < 1.29 is 39.5 Å². The summed E-state index contributed by atoms with van der Waals surface area (Å²) >= 11 is 0. The van der Waals surface area contributed by atoms with Crippen LogP contribution in [0, 0.1) is 0 Å². The number of rotatable bonds is 16. The van der Waals surface area contributed by atoms with Gasteiger partial charge in [0.15, 0.2) is 0 Å². The Bertz CT molecular complexity index is 283. The zero-order chi connectivity index (χ0) is 17.6. The van der Waals surface area contributed by atoms with E-state index in [0.29, 0.717) is 6.42 Å². The van der Waals surface area contributed by atoms with Crippen molar-refractivity contribution in [1.29, 1.82) is 0 Å². The Morgan fingerprint density at radius 3 is 1.21 bits per heavy atom. The van der Waals surface area contributed by atoms with E-state index in [1.54, 1.807) is 0 Å². The largest absolute Gasteiger partial charge is 1.00 e. The molecule has 0 fully saturated rings. The molecule has 0 aliphatic heterocycles. The number of hydrogen-bond donors (Lipinski definition) is 1. The second kappa shape index (κ2) is 27.6. The quantitative estimate of drug-likeness (QED) is 0.148. The minimum Gasteiger partial charge on any atom is -0.481 e. The summed E-state index contributed by atoms with van der Waals surface area (Å²) in [6.45, 7) is 2.27. The van der Waals surface area contributed by atoms with Gasteiger partial charge in [0.05, 0.1) is 0 Å². The molecule has 136 valence electrons. The summed E-state index contributed by atoms with van der Waals surface area (Å²) in [5.41, 5.74) is 13.5. The van der Waals surface area contributed by atoms with E-state index in [0.717, 1.165) is 12.8 Å². The molecule has 0 atom stereocenters. The summed E-state index contributed by atoms with van der Waals surface area (Å²) < 4.78 is 0. The molecule has 0 aliphatic rings. The molecule has 1 N–H and O–H groups in total. The van der Waals surface area contributed by atoms with E-state index in [9.17, 15) is 4.79 Å². The van der Waals surface area contributed by atoms with Crippen molar-refractivity contribution in [3.8, 4) is 0 Å². The Morgan fingerprint density at radius 1 is 0.708 bits per heavy atom. The standard InChI is InChI=1S/C18H36O2.N3.Na/c1-2-3-4-5-6-7-8-9-10-11-12-13-14-15-16-17-18(19)20;1-3-2;/h2-17H2,1H3,(H,19,20);;/q;-1;+1. The van der Waals surface area contributed by atoms with Gasteiger partial charge in [-0.1, -0.05) is 96.8 Å². The van der Waals surface area contributed by atoms with Crippen LogP contribution in [0.3, 0.4) is 0 Å². The molecular weight excluding hydrogens is 313 g/mol. The molecule has 0 aromatic rings. The van der Waals surface area contributed by atoms with Crippen LogP contribution in [0.2, 0.25) is 0 Å². The molecule has 0 amide bonds. The first-order chi connectivity index (χ1) is 11.2. The van der Waals surface area contributed by atoms with Gasteiger partial charge in [-0.15, -0.1) is 0 Å². The van der Waals surface area contributed by atoms with Crippen molar-refractivity contribution in [1.82, 2.24) is 0 Å². The van der Waals surface area contributed by atoms with E-state index in [-0.39, 0.29) is 29.6 Å². The predicted octanol–water partition coefficient (Wildman–Crippen LogP) is 4.20. The zero-order valence-electron chi connectivity index (χ0n) is 16.0. The molecule has 0 unspecified atom stereocenters. The number of carboxylic acids is 1. The number of carbonyl (C=O) groups is 1. The molecule has 0 saturated heterocycles. The van der Waals surface area contributed by atoms with Crippen LogP contribution in [-0.4, -0.2) is 11.1 Å². The summed E-state index contributed by atoms with van der Waals surface area (Å²) in [7, 11) is 0. The Balaban J connectivity index is -0.00000102. The summed E-state index contributed by atoms with van der Waals surface area (Å²) in [5, 5.41) is 8.52. The topological polar surface area (TPSA) is 96.0 Å². The van der Waals surface area contributed by atoms with Gasteiger partial charge >= 0.3 is 35.5 Å². The maximum absolute atomic E-state index is 10.3. The second-order valence-electron chi connectivity index (χ2n) is 6.18. The van der Waals surface area contributed by atoms with Crippen molar-refractivity contribution in [2.75, 3.05) is 0 Å². The Kier molecular flexibility index (Phi) is 32.9. The maximum Gasteiger partial charge on any atom is 1.00 e. The number of nitrogens with zero attached hydrogens (tertiary/aromatic N) is 3. The van der Waals surface area contributed by atoms with Crippen LogP contribution in [0.5, 0.6) is 0 Å². The average molecular weight is 349 g/mol. The smallest absolute Gasteiger partial charge is 0.481 e. The van der Waals surface area contributed by atoms with Crippen molar-refractivity contribution in [3.05, 3.63) is 16.0 Å². The monoisotopic (exact) mass is 349 g/mol. The van der Waals surface area contributed by atoms with Gasteiger partial charge in [0.2, 0.25) is 0 Å². The Labute approximate surface area is 170 Å². The van der Waals surface area contributed by atoms with Gasteiger partial charge in [0.25, 0.3) is 0 Å².